The summed E-state index contributed by atoms with van der Waals surface area (Å²) < 4.78 is 18.6. The Kier molecular flexibility index (Phi) is 2.77. The summed E-state index contributed by atoms with van der Waals surface area (Å²) >= 11 is 0. The first-order chi connectivity index (χ1) is 7.65. The highest BCUT2D eigenvalue weighted by Crippen LogP contribution is 2.26. The average molecular weight is 217 g/mol. The van der Waals surface area contributed by atoms with Crippen molar-refractivity contribution in [1.29, 1.82) is 0 Å². The Hall–Kier alpha value is -2.03. The van der Waals surface area contributed by atoms with Crippen molar-refractivity contribution in [2.75, 3.05) is 5.73 Å². The molecule has 0 aromatic heterocycles. The maximum Gasteiger partial charge on any atom is 0.133 e. The van der Waals surface area contributed by atoms with E-state index in [0.29, 0.717) is 17.2 Å². The van der Waals surface area contributed by atoms with E-state index in [1.165, 1.54) is 12.1 Å². The highest BCUT2D eigenvalue weighted by Gasteiger charge is 2.03. The van der Waals surface area contributed by atoms with Crippen LogP contribution in [0.25, 0.3) is 0 Å². The zero-order valence-electron chi connectivity index (χ0n) is 8.91. The van der Waals surface area contributed by atoms with E-state index in [0.717, 1.165) is 5.56 Å². The molecular formula is C13H12FNO. The van der Waals surface area contributed by atoms with Gasteiger partial charge in [0.15, 0.2) is 0 Å². The second-order valence-corrected chi connectivity index (χ2v) is 3.58. The monoisotopic (exact) mass is 217 g/mol. The third-order valence-electron chi connectivity index (χ3n) is 2.24. The largest absolute Gasteiger partial charge is 0.457 e. The van der Waals surface area contributed by atoms with E-state index in [4.69, 9.17) is 10.5 Å². The van der Waals surface area contributed by atoms with Gasteiger partial charge in [0, 0.05) is 17.8 Å². The van der Waals surface area contributed by atoms with Crippen LogP contribution in [0.2, 0.25) is 0 Å². The van der Waals surface area contributed by atoms with Crippen molar-refractivity contribution < 1.29 is 9.13 Å². The number of ether oxygens (including phenoxy) is 1. The predicted molar refractivity (Wildman–Crippen MR) is 62.1 cm³/mol. The molecule has 0 amide bonds. The van der Waals surface area contributed by atoms with Crippen molar-refractivity contribution in [3.63, 3.8) is 0 Å². The van der Waals surface area contributed by atoms with Gasteiger partial charge < -0.3 is 10.5 Å². The minimum Gasteiger partial charge on any atom is -0.457 e. The molecule has 0 heterocycles. The molecule has 0 radical (unpaired) electrons. The van der Waals surface area contributed by atoms with Crippen LogP contribution in [0.1, 0.15) is 5.56 Å². The first kappa shape index (κ1) is 10.5. The van der Waals surface area contributed by atoms with Crippen molar-refractivity contribution in [1.82, 2.24) is 0 Å². The van der Waals surface area contributed by atoms with Crippen LogP contribution in [-0.4, -0.2) is 0 Å². The first-order valence-electron chi connectivity index (χ1n) is 4.95. The van der Waals surface area contributed by atoms with Gasteiger partial charge >= 0.3 is 0 Å². The van der Waals surface area contributed by atoms with Crippen LogP contribution >= 0.6 is 0 Å². The molecule has 0 spiro atoms. The van der Waals surface area contributed by atoms with E-state index in [1.807, 2.05) is 6.92 Å². The van der Waals surface area contributed by atoms with Gasteiger partial charge in [-0.3, -0.25) is 0 Å². The van der Waals surface area contributed by atoms with E-state index in [2.05, 4.69) is 0 Å². The lowest BCUT2D eigenvalue weighted by atomic mass is 10.2. The maximum absolute atomic E-state index is 13.0. The summed E-state index contributed by atoms with van der Waals surface area (Å²) in [4.78, 5) is 0. The van der Waals surface area contributed by atoms with Crippen molar-refractivity contribution in [3.8, 4) is 11.5 Å². The molecule has 0 aliphatic rings. The van der Waals surface area contributed by atoms with Crippen LogP contribution in [0, 0.1) is 12.7 Å². The van der Waals surface area contributed by atoms with Crippen LogP contribution in [-0.2, 0) is 0 Å². The zero-order chi connectivity index (χ0) is 11.5. The van der Waals surface area contributed by atoms with E-state index in [1.54, 1.807) is 30.3 Å². The summed E-state index contributed by atoms with van der Waals surface area (Å²) in [5.41, 5.74) is 7.12. The summed E-state index contributed by atoms with van der Waals surface area (Å²) in [7, 11) is 0. The SMILES string of the molecule is Cc1ccc(F)cc1Oc1cccc(N)c1. The number of anilines is 1. The van der Waals surface area contributed by atoms with Crippen molar-refractivity contribution in [2.45, 2.75) is 6.92 Å². The molecule has 16 heavy (non-hydrogen) atoms. The molecule has 0 aliphatic heterocycles. The Morgan fingerprint density at radius 3 is 2.69 bits per heavy atom. The molecule has 0 fully saturated rings. The van der Waals surface area contributed by atoms with Gasteiger partial charge in [-0.05, 0) is 30.7 Å². The summed E-state index contributed by atoms with van der Waals surface area (Å²) in [6.07, 6.45) is 0. The van der Waals surface area contributed by atoms with Gasteiger partial charge in [0.05, 0.1) is 0 Å². The fraction of sp³-hybridized carbons (Fsp3) is 0.0769. The molecule has 2 rings (SSSR count). The Morgan fingerprint density at radius 1 is 1.12 bits per heavy atom. The van der Waals surface area contributed by atoms with Crippen LogP contribution in [0.15, 0.2) is 42.5 Å². The zero-order valence-corrected chi connectivity index (χ0v) is 8.91. The molecule has 3 heteroatoms. The van der Waals surface area contributed by atoms with Gasteiger partial charge in [0.25, 0.3) is 0 Å². The second kappa shape index (κ2) is 4.23. The number of nitrogens with two attached hydrogens (primary N) is 1. The van der Waals surface area contributed by atoms with Gasteiger partial charge in [-0.2, -0.15) is 0 Å². The second-order valence-electron chi connectivity index (χ2n) is 3.58. The van der Waals surface area contributed by atoms with Gasteiger partial charge in [0.1, 0.15) is 17.3 Å². The summed E-state index contributed by atoms with van der Waals surface area (Å²) in [5, 5.41) is 0. The van der Waals surface area contributed by atoms with Crippen LogP contribution in [0.5, 0.6) is 11.5 Å². The molecule has 82 valence electrons. The lowest BCUT2D eigenvalue weighted by Crippen LogP contribution is -1.90. The van der Waals surface area contributed by atoms with Crippen molar-refractivity contribution in [3.05, 3.63) is 53.8 Å². The average Bonchev–Trinajstić information content (AvgIpc) is 2.24. The van der Waals surface area contributed by atoms with Crippen molar-refractivity contribution in [2.24, 2.45) is 0 Å². The minimum atomic E-state index is -0.315. The minimum absolute atomic E-state index is 0.315. The third kappa shape index (κ3) is 2.31. The number of nitrogen functional groups attached to an aromatic ring is 1. The topological polar surface area (TPSA) is 35.2 Å². The van der Waals surface area contributed by atoms with Gasteiger partial charge in [-0.15, -0.1) is 0 Å². The van der Waals surface area contributed by atoms with Crippen LogP contribution in [0.4, 0.5) is 10.1 Å². The van der Waals surface area contributed by atoms with Gasteiger partial charge in [-0.25, -0.2) is 4.39 Å². The van der Waals surface area contributed by atoms with E-state index < -0.39 is 0 Å². The fourth-order valence-electron chi connectivity index (χ4n) is 1.39. The molecule has 2 N–H and O–H groups in total. The number of halogens is 1. The molecule has 2 aromatic carbocycles. The maximum atomic E-state index is 13.0. The normalized spacial score (nSPS) is 10.1. The number of hydrogen-bond donors (Lipinski definition) is 1. The van der Waals surface area contributed by atoms with E-state index >= 15 is 0 Å². The number of rotatable bonds is 2. The van der Waals surface area contributed by atoms with Crippen molar-refractivity contribution >= 4 is 5.69 Å². The fourth-order valence-corrected chi connectivity index (χ4v) is 1.39. The number of aryl methyl sites for hydroxylation is 1. The lowest BCUT2D eigenvalue weighted by molar-refractivity contribution is 0.473. The van der Waals surface area contributed by atoms with E-state index in [9.17, 15) is 4.39 Å². The molecule has 0 atom stereocenters. The van der Waals surface area contributed by atoms with Gasteiger partial charge in [0.2, 0.25) is 0 Å². The molecule has 2 aromatic rings. The molecule has 2 nitrogen and oxygen atoms in total. The Bertz CT molecular complexity index is 511. The quantitative estimate of drug-likeness (QED) is 0.781. The lowest BCUT2D eigenvalue weighted by Gasteiger charge is -2.08. The number of hydrogen-bond acceptors (Lipinski definition) is 2. The summed E-state index contributed by atoms with van der Waals surface area (Å²) in [6.45, 7) is 1.86. The number of benzene rings is 2. The Labute approximate surface area is 93.5 Å². The van der Waals surface area contributed by atoms with Crippen LogP contribution < -0.4 is 10.5 Å². The third-order valence-corrected chi connectivity index (χ3v) is 2.24. The van der Waals surface area contributed by atoms with Gasteiger partial charge in [-0.1, -0.05) is 12.1 Å². The van der Waals surface area contributed by atoms with Crippen LogP contribution in [0.3, 0.4) is 0 Å². The summed E-state index contributed by atoms with van der Waals surface area (Å²) in [5.74, 6) is 0.795. The highest BCUT2D eigenvalue weighted by molar-refractivity contribution is 5.46. The molecule has 0 aliphatic carbocycles. The summed E-state index contributed by atoms with van der Waals surface area (Å²) in [6, 6.07) is 11.5. The Balaban J connectivity index is 2.30. The highest BCUT2D eigenvalue weighted by atomic mass is 19.1. The standard InChI is InChI=1S/C13H12FNO/c1-9-5-6-10(14)7-13(9)16-12-4-2-3-11(15)8-12/h2-8H,15H2,1H3. The first-order valence-corrected chi connectivity index (χ1v) is 4.95. The smallest absolute Gasteiger partial charge is 0.133 e. The van der Waals surface area contributed by atoms with E-state index in [-0.39, 0.29) is 5.82 Å². The molecule has 0 unspecified atom stereocenters. The Morgan fingerprint density at radius 2 is 1.94 bits per heavy atom. The molecule has 0 saturated carbocycles. The molecular weight excluding hydrogens is 205 g/mol. The molecule has 0 saturated heterocycles. The predicted octanol–water partition coefficient (Wildman–Crippen LogP) is 3.51. The molecule has 0 bridgehead atoms.